The quantitative estimate of drug-likeness (QED) is 0.675. The molecule has 6 nitrogen and oxygen atoms in total. The Morgan fingerprint density at radius 3 is 2.65 bits per heavy atom. The Balaban J connectivity index is 2.35. The number of carbonyl (C=O) groups excluding carboxylic acids is 1. The SMILES string of the molecule is CC(C)(C)OC(=O)NC[C@H]1CCN[C@H]1C(=O)O. The van der Waals surface area contributed by atoms with E-state index >= 15 is 0 Å². The van der Waals surface area contributed by atoms with E-state index in [0.717, 1.165) is 6.42 Å². The fraction of sp³-hybridized carbons (Fsp3) is 0.818. The van der Waals surface area contributed by atoms with Crippen LogP contribution in [-0.2, 0) is 9.53 Å². The second kappa shape index (κ2) is 5.35. The molecular formula is C11H20N2O4. The van der Waals surface area contributed by atoms with Crippen molar-refractivity contribution >= 4 is 12.1 Å². The molecule has 1 saturated heterocycles. The minimum absolute atomic E-state index is 0.0833. The average Bonchev–Trinajstić information content (AvgIpc) is 2.59. The summed E-state index contributed by atoms with van der Waals surface area (Å²) in [4.78, 5) is 22.3. The molecule has 1 fully saturated rings. The predicted octanol–water partition coefficient (Wildman–Crippen LogP) is 0.574. The molecule has 1 aliphatic heterocycles. The van der Waals surface area contributed by atoms with Gasteiger partial charge in [-0.25, -0.2) is 4.79 Å². The highest BCUT2D eigenvalue weighted by atomic mass is 16.6. The number of nitrogens with one attached hydrogen (secondary N) is 2. The van der Waals surface area contributed by atoms with Gasteiger partial charge in [0.05, 0.1) is 0 Å². The zero-order chi connectivity index (χ0) is 13.1. The van der Waals surface area contributed by atoms with Crippen LogP contribution in [0.5, 0.6) is 0 Å². The number of rotatable bonds is 3. The topological polar surface area (TPSA) is 87.7 Å². The summed E-state index contributed by atoms with van der Waals surface area (Å²) in [6, 6.07) is -0.579. The van der Waals surface area contributed by atoms with Crippen molar-refractivity contribution in [1.82, 2.24) is 10.6 Å². The molecule has 0 bridgehead atoms. The summed E-state index contributed by atoms with van der Waals surface area (Å²) in [5.41, 5.74) is -0.537. The van der Waals surface area contributed by atoms with E-state index in [0.29, 0.717) is 13.1 Å². The first-order valence-electron chi connectivity index (χ1n) is 5.72. The summed E-state index contributed by atoms with van der Waals surface area (Å²) in [6.07, 6.45) is 0.237. The Morgan fingerprint density at radius 2 is 2.12 bits per heavy atom. The first-order chi connectivity index (χ1) is 7.79. The summed E-state index contributed by atoms with van der Waals surface area (Å²) in [7, 11) is 0. The van der Waals surface area contributed by atoms with Crippen LogP contribution >= 0.6 is 0 Å². The van der Waals surface area contributed by atoms with Gasteiger partial charge < -0.3 is 20.5 Å². The zero-order valence-electron chi connectivity index (χ0n) is 10.4. The van der Waals surface area contributed by atoms with Crippen LogP contribution in [0.15, 0.2) is 0 Å². The highest BCUT2D eigenvalue weighted by Crippen LogP contribution is 2.15. The van der Waals surface area contributed by atoms with Crippen LogP contribution in [0.3, 0.4) is 0 Å². The van der Waals surface area contributed by atoms with Gasteiger partial charge in [-0.15, -0.1) is 0 Å². The second-order valence-corrected chi connectivity index (χ2v) is 5.20. The van der Waals surface area contributed by atoms with E-state index in [1.165, 1.54) is 0 Å². The van der Waals surface area contributed by atoms with Crippen molar-refractivity contribution in [1.29, 1.82) is 0 Å². The molecule has 2 atom stereocenters. The lowest BCUT2D eigenvalue weighted by Crippen LogP contribution is -2.42. The van der Waals surface area contributed by atoms with Gasteiger partial charge in [0, 0.05) is 12.5 Å². The standard InChI is InChI=1S/C11H20N2O4/c1-11(2,3)17-10(16)13-6-7-4-5-12-8(7)9(14)15/h7-8,12H,4-6H2,1-3H3,(H,13,16)(H,14,15)/t7-,8-/m1/s1. The first kappa shape index (κ1) is 13.8. The highest BCUT2D eigenvalue weighted by molar-refractivity contribution is 5.74. The van der Waals surface area contributed by atoms with Gasteiger partial charge in [-0.2, -0.15) is 0 Å². The van der Waals surface area contributed by atoms with Crippen LogP contribution < -0.4 is 10.6 Å². The van der Waals surface area contributed by atoms with Gasteiger partial charge in [0.15, 0.2) is 0 Å². The van der Waals surface area contributed by atoms with Gasteiger partial charge in [0.25, 0.3) is 0 Å². The molecule has 0 aliphatic carbocycles. The monoisotopic (exact) mass is 244 g/mol. The summed E-state index contributed by atoms with van der Waals surface area (Å²) < 4.78 is 5.08. The molecule has 98 valence electrons. The lowest BCUT2D eigenvalue weighted by molar-refractivity contribution is -0.140. The Labute approximate surface area is 101 Å². The minimum atomic E-state index is -0.876. The first-order valence-corrected chi connectivity index (χ1v) is 5.72. The number of carboxylic acids is 1. The summed E-state index contributed by atoms with van der Waals surface area (Å²) in [5, 5.41) is 14.4. The van der Waals surface area contributed by atoms with Crippen molar-refractivity contribution in [3.05, 3.63) is 0 Å². The Morgan fingerprint density at radius 1 is 1.47 bits per heavy atom. The normalized spacial score (nSPS) is 24.4. The summed E-state index contributed by atoms with van der Waals surface area (Å²) >= 11 is 0. The van der Waals surface area contributed by atoms with Crippen LogP contribution in [0.4, 0.5) is 4.79 Å². The fourth-order valence-electron chi connectivity index (χ4n) is 1.80. The molecule has 0 saturated carbocycles. The maximum Gasteiger partial charge on any atom is 0.407 e. The van der Waals surface area contributed by atoms with Crippen molar-refractivity contribution in [2.75, 3.05) is 13.1 Å². The lowest BCUT2D eigenvalue weighted by Gasteiger charge is -2.21. The van der Waals surface area contributed by atoms with Crippen molar-refractivity contribution < 1.29 is 19.4 Å². The van der Waals surface area contributed by atoms with Crippen LogP contribution in [0, 0.1) is 5.92 Å². The van der Waals surface area contributed by atoms with Crippen molar-refractivity contribution in [2.45, 2.75) is 38.8 Å². The van der Waals surface area contributed by atoms with Crippen LogP contribution in [0.1, 0.15) is 27.2 Å². The number of carboxylic acid groups (broad SMARTS) is 1. The number of ether oxygens (including phenoxy) is 1. The van der Waals surface area contributed by atoms with Gasteiger partial charge in [0.2, 0.25) is 0 Å². The van der Waals surface area contributed by atoms with Gasteiger partial charge >= 0.3 is 12.1 Å². The van der Waals surface area contributed by atoms with Gasteiger partial charge in [-0.3, -0.25) is 4.79 Å². The smallest absolute Gasteiger partial charge is 0.407 e. The summed E-state index contributed by atoms with van der Waals surface area (Å²) in [6.45, 7) is 6.33. The molecule has 1 rings (SSSR count). The van der Waals surface area contributed by atoms with Crippen molar-refractivity contribution in [3.8, 4) is 0 Å². The van der Waals surface area contributed by atoms with E-state index in [2.05, 4.69) is 10.6 Å². The molecule has 3 N–H and O–H groups in total. The van der Waals surface area contributed by atoms with Gasteiger partial charge in [-0.05, 0) is 33.7 Å². The zero-order valence-corrected chi connectivity index (χ0v) is 10.4. The maximum atomic E-state index is 11.4. The third-order valence-electron chi connectivity index (χ3n) is 2.52. The maximum absolute atomic E-state index is 11.4. The molecule has 6 heteroatoms. The van der Waals surface area contributed by atoms with Gasteiger partial charge in [0.1, 0.15) is 11.6 Å². The summed E-state index contributed by atoms with van der Waals surface area (Å²) in [5.74, 6) is -0.960. The number of alkyl carbamates (subject to hydrolysis) is 1. The molecular weight excluding hydrogens is 224 g/mol. The molecule has 17 heavy (non-hydrogen) atoms. The van der Waals surface area contributed by atoms with Crippen molar-refractivity contribution in [2.24, 2.45) is 5.92 Å². The molecule has 0 radical (unpaired) electrons. The molecule has 1 heterocycles. The molecule has 1 aliphatic rings. The molecule has 0 aromatic heterocycles. The molecule has 0 aromatic rings. The number of hydrogen-bond donors (Lipinski definition) is 3. The predicted molar refractivity (Wildman–Crippen MR) is 61.8 cm³/mol. The van der Waals surface area contributed by atoms with E-state index in [9.17, 15) is 9.59 Å². The third-order valence-corrected chi connectivity index (χ3v) is 2.52. The number of carbonyl (C=O) groups is 2. The fourth-order valence-corrected chi connectivity index (χ4v) is 1.80. The van der Waals surface area contributed by atoms with E-state index in [1.807, 2.05) is 0 Å². The lowest BCUT2D eigenvalue weighted by atomic mass is 10.0. The number of hydrogen-bond acceptors (Lipinski definition) is 4. The van der Waals surface area contributed by atoms with Crippen LogP contribution in [0.25, 0.3) is 0 Å². The number of aliphatic carboxylic acids is 1. The van der Waals surface area contributed by atoms with Crippen LogP contribution in [-0.4, -0.2) is 41.9 Å². The molecule has 0 aromatic carbocycles. The van der Waals surface area contributed by atoms with Crippen LogP contribution in [0.2, 0.25) is 0 Å². The van der Waals surface area contributed by atoms with E-state index in [1.54, 1.807) is 20.8 Å². The van der Waals surface area contributed by atoms with Crippen molar-refractivity contribution in [3.63, 3.8) is 0 Å². The average molecular weight is 244 g/mol. The Kier molecular flexibility index (Phi) is 4.34. The largest absolute Gasteiger partial charge is 0.480 e. The van der Waals surface area contributed by atoms with E-state index in [-0.39, 0.29) is 5.92 Å². The van der Waals surface area contributed by atoms with E-state index < -0.39 is 23.7 Å². The third kappa shape index (κ3) is 4.60. The Bertz CT molecular complexity index is 298. The molecule has 1 amide bonds. The van der Waals surface area contributed by atoms with E-state index in [4.69, 9.17) is 9.84 Å². The second-order valence-electron chi connectivity index (χ2n) is 5.20. The minimum Gasteiger partial charge on any atom is -0.480 e. The number of amides is 1. The Hall–Kier alpha value is -1.30. The highest BCUT2D eigenvalue weighted by Gasteiger charge is 2.32. The van der Waals surface area contributed by atoms with Gasteiger partial charge in [-0.1, -0.05) is 0 Å². The molecule has 0 unspecified atom stereocenters. The molecule has 0 spiro atoms.